The van der Waals surface area contributed by atoms with Gasteiger partial charge in [0.25, 0.3) is 0 Å². The number of carbonyl (C=O) groups is 3. The molecule has 0 amide bonds. The molecular formula is C71H112O6. The summed E-state index contributed by atoms with van der Waals surface area (Å²) in [4.78, 5) is 38.3. The van der Waals surface area contributed by atoms with Gasteiger partial charge in [-0.05, 0) is 135 Å². The van der Waals surface area contributed by atoms with Gasteiger partial charge in [-0.2, -0.15) is 0 Å². The lowest BCUT2D eigenvalue weighted by atomic mass is 10.1. The fraction of sp³-hybridized carbons (Fsp3) is 0.592. The molecular weight excluding hydrogens is 949 g/mol. The van der Waals surface area contributed by atoms with Gasteiger partial charge in [-0.15, -0.1) is 0 Å². The van der Waals surface area contributed by atoms with Gasteiger partial charge in [-0.3, -0.25) is 14.4 Å². The Morgan fingerprint density at radius 1 is 0.260 bits per heavy atom. The zero-order chi connectivity index (χ0) is 55.7. The number of ether oxygens (including phenoxy) is 3. The summed E-state index contributed by atoms with van der Waals surface area (Å²) in [5, 5.41) is 0. The van der Waals surface area contributed by atoms with Gasteiger partial charge in [-0.25, -0.2) is 0 Å². The van der Waals surface area contributed by atoms with Crippen molar-refractivity contribution in [3.05, 3.63) is 158 Å². The number of carbonyl (C=O) groups excluding carboxylic acids is 3. The Labute approximate surface area is 473 Å². The van der Waals surface area contributed by atoms with Crippen molar-refractivity contribution < 1.29 is 28.6 Å². The second kappa shape index (κ2) is 63.6. The molecule has 0 saturated heterocycles. The van der Waals surface area contributed by atoms with Gasteiger partial charge in [0, 0.05) is 19.3 Å². The second-order valence-electron chi connectivity index (χ2n) is 19.8. The van der Waals surface area contributed by atoms with Crippen LogP contribution in [0.1, 0.15) is 252 Å². The molecule has 0 spiro atoms. The van der Waals surface area contributed by atoms with Gasteiger partial charge in [0.2, 0.25) is 0 Å². The predicted molar refractivity (Wildman–Crippen MR) is 334 cm³/mol. The van der Waals surface area contributed by atoms with Crippen LogP contribution in [0.15, 0.2) is 158 Å². The second-order valence-corrected chi connectivity index (χ2v) is 19.8. The molecule has 6 nitrogen and oxygen atoms in total. The van der Waals surface area contributed by atoms with Crippen molar-refractivity contribution in [1.82, 2.24) is 0 Å². The zero-order valence-corrected chi connectivity index (χ0v) is 49.4. The quantitative estimate of drug-likeness (QED) is 0.0261. The monoisotopic (exact) mass is 1060 g/mol. The first-order valence-corrected chi connectivity index (χ1v) is 31.0. The third kappa shape index (κ3) is 61.8. The van der Waals surface area contributed by atoms with Crippen LogP contribution in [0.25, 0.3) is 0 Å². The molecule has 0 saturated carbocycles. The van der Waals surface area contributed by atoms with Gasteiger partial charge >= 0.3 is 17.9 Å². The summed E-state index contributed by atoms with van der Waals surface area (Å²) < 4.78 is 16.9. The molecule has 77 heavy (non-hydrogen) atoms. The molecule has 0 bridgehead atoms. The lowest BCUT2D eigenvalue weighted by molar-refractivity contribution is -0.167. The zero-order valence-electron chi connectivity index (χ0n) is 49.4. The van der Waals surface area contributed by atoms with Gasteiger partial charge < -0.3 is 14.2 Å². The van der Waals surface area contributed by atoms with Gasteiger partial charge in [0.05, 0.1) is 0 Å². The van der Waals surface area contributed by atoms with Crippen molar-refractivity contribution in [3.63, 3.8) is 0 Å². The maximum Gasteiger partial charge on any atom is 0.306 e. The first kappa shape index (κ1) is 72.0. The highest BCUT2D eigenvalue weighted by Crippen LogP contribution is 2.14. The Kier molecular flexibility index (Phi) is 59.5. The summed E-state index contributed by atoms with van der Waals surface area (Å²) in [5.41, 5.74) is 0. The summed E-state index contributed by atoms with van der Waals surface area (Å²) in [6.45, 7) is 6.24. The molecule has 0 heterocycles. The van der Waals surface area contributed by atoms with Gasteiger partial charge in [0.1, 0.15) is 13.2 Å². The van der Waals surface area contributed by atoms with Crippen molar-refractivity contribution in [3.8, 4) is 0 Å². The van der Waals surface area contributed by atoms with Gasteiger partial charge in [-0.1, -0.05) is 256 Å². The minimum Gasteiger partial charge on any atom is -0.462 e. The summed E-state index contributed by atoms with van der Waals surface area (Å²) in [6.07, 6.45) is 92.4. The minimum atomic E-state index is -0.824. The minimum absolute atomic E-state index is 0.114. The largest absolute Gasteiger partial charge is 0.462 e. The van der Waals surface area contributed by atoms with E-state index in [2.05, 4.69) is 179 Å². The van der Waals surface area contributed by atoms with E-state index in [1.165, 1.54) is 64.2 Å². The van der Waals surface area contributed by atoms with Crippen LogP contribution in [0.4, 0.5) is 0 Å². The molecule has 0 aromatic rings. The Morgan fingerprint density at radius 3 is 0.766 bits per heavy atom. The molecule has 0 aromatic carbocycles. The maximum atomic E-state index is 12.9. The number of hydrogen-bond acceptors (Lipinski definition) is 6. The molecule has 6 heteroatoms. The van der Waals surface area contributed by atoms with E-state index in [9.17, 15) is 14.4 Å². The molecule has 432 valence electrons. The lowest BCUT2D eigenvalue weighted by Crippen LogP contribution is -2.30. The molecule has 0 aromatic heterocycles. The summed E-state index contributed by atoms with van der Waals surface area (Å²) in [7, 11) is 0. The normalized spacial score (nSPS) is 13.2. The third-order valence-electron chi connectivity index (χ3n) is 12.5. The number of rotatable bonds is 54. The average molecular weight is 1060 g/mol. The number of hydrogen-bond donors (Lipinski definition) is 0. The Hall–Kier alpha value is -4.97. The fourth-order valence-electron chi connectivity index (χ4n) is 7.99. The molecule has 0 N–H and O–H groups in total. The molecule has 0 fully saturated rings. The molecule has 1 atom stereocenters. The van der Waals surface area contributed by atoms with E-state index in [4.69, 9.17) is 14.2 Å². The molecule has 0 radical (unpaired) electrons. The van der Waals surface area contributed by atoms with Crippen LogP contribution in [0.3, 0.4) is 0 Å². The highest BCUT2D eigenvalue weighted by atomic mass is 16.6. The summed E-state index contributed by atoms with van der Waals surface area (Å²) >= 11 is 0. The van der Waals surface area contributed by atoms with E-state index in [-0.39, 0.29) is 37.5 Å². The van der Waals surface area contributed by atoms with Crippen molar-refractivity contribution in [1.29, 1.82) is 0 Å². The topological polar surface area (TPSA) is 78.9 Å². The maximum absolute atomic E-state index is 12.9. The SMILES string of the molecule is CC/C=C\C/C=C\C/C=C\C/C=C\C/C=C\CCCCCCCCCCCC(=O)OCC(COC(=O)CCCCCCCCC/C=C\C/C=C\C/C=C\CC)OC(=O)CCC/C=C\C/C=C\C/C=C\C/C=C\C/C=C\CC. The van der Waals surface area contributed by atoms with Crippen LogP contribution in [-0.2, 0) is 28.6 Å². The van der Waals surface area contributed by atoms with E-state index in [1.807, 2.05) is 0 Å². The number of esters is 3. The molecule has 0 aliphatic heterocycles. The van der Waals surface area contributed by atoms with Crippen molar-refractivity contribution >= 4 is 17.9 Å². The van der Waals surface area contributed by atoms with Crippen LogP contribution < -0.4 is 0 Å². The van der Waals surface area contributed by atoms with Crippen LogP contribution >= 0.6 is 0 Å². The molecule has 0 aliphatic carbocycles. The van der Waals surface area contributed by atoms with E-state index in [1.54, 1.807) is 0 Å². The van der Waals surface area contributed by atoms with Crippen LogP contribution in [0.5, 0.6) is 0 Å². The third-order valence-corrected chi connectivity index (χ3v) is 12.5. The average Bonchev–Trinajstić information content (AvgIpc) is 3.43. The van der Waals surface area contributed by atoms with Crippen molar-refractivity contribution in [2.45, 2.75) is 258 Å². The smallest absolute Gasteiger partial charge is 0.306 e. The van der Waals surface area contributed by atoms with Crippen molar-refractivity contribution in [2.24, 2.45) is 0 Å². The summed E-state index contributed by atoms with van der Waals surface area (Å²) in [5.74, 6) is -0.992. The van der Waals surface area contributed by atoms with E-state index < -0.39 is 6.10 Å². The Bertz CT molecular complexity index is 1740. The number of allylic oxidation sites excluding steroid dienone is 26. The fourth-order valence-corrected chi connectivity index (χ4v) is 7.99. The highest BCUT2D eigenvalue weighted by molar-refractivity contribution is 5.71. The van der Waals surface area contributed by atoms with Gasteiger partial charge in [0.15, 0.2) is 6.10 Å². The molecule has 0 aliphatic rings. The predicted octanol–water partition coefficient (Wildman–Crippen LogP) is 21.3. The van der Waals surface area contributed by atoms with E-state index in [0.29, 0.717) is 19.3 Å². The van der Waals surface area contributed by atoms with E-state index in [0.717, 1.165) is 141 Å². The molecule has 0 rings (SSSR count). The van der Waals surface area contributed by atoms with Crippen molar-refractivity contribution in [2.75, 3.05) is 13.2 Å². The first-order valence-electron chi connectivity index (χ1n) is 31.0. The van der Waals surface area contributed by atoms with Crippen LogP contribution in [0.2, 0.25) is 0 Å². The lowest BCUT2D eigenvalue weighted by Gasteiger charge is -2.18. The highest BCUT2D eigenvalue weighted by Gasteiger charge is 2.19. The first-order chi connectivity index (χ1) is 38.0. The number of unbranched alkanes of at least 4 members (excludes halogenated alkanes) is 17. The molecule has 1 unspecified atom stereocenters. The Morgan fingerprint density at radius 2 is 0.481 bits per heavy atom. The summed E-state index contributed by atoms with van der Waals surface area (Å²) in [6, 6.07) is 0. The van der Waals surface area contributed by atoms with Crippen LogP contribution in [-0.4, -0.2) is 37.2 Å². The van der Waals surface area contributed by atoms with E-state index >= 15 is 0 Å². The Balaban J connectivity index is 4.47. The van der Waals surface area contributed by atoms with Crippen LogP contribution in [0, 0.1) is 0 Å². The standard InChI is InChI=1S/C71H112O6/c1-4-7-10-13-16-19-22-25-28-31-32-33-34-35-36-37-38-41-43-46-49-52-55-58-61-64-70(73)76-67-68(77-71(74)65-62-59-56-53-50-47-44-40-30-27-24-21-18-15-12-9-6-3)66-75-69(72)63-60-57-54-51-48-45-42-39-29-26-23-20-17-14-11-8-5-2/h7-12,16-21,25-30,32-33,35-36,44,47,53,56,68H,4-6,13-15,22-24,31,34,37-43,45-46,48-52,54-55,57-67H2,1-3H3/b10-7-,11-8-,12-9-,19-16-,20-17-,21-18-,28-25-,29-26-,30-27-,33-32-,36-35-,47-44-,56-53-.